The van der Waals surface area contributed by atoms with Crippen molar-refractivity contribution >= 4 is 5.91 Å². The maximum absolute atomic E-state index is 11.7. The van der Waals surface area contributed by atoms with Crippen LogP contribution >= 0.6 is 0 Å². The molecule has 0 spiro atoms. The van der Waals surface area contributed by atoms with E-state index in [1.54, 1.807) is 6.92 Å². The first-order chi connectivity index (χ1) is 9.78. The van der Waals surface area contributed by atoms with E-state index in [1.165, 1.54) is 0 Å². The Morgan fingerprint density at radius 2 is 2.14 bits per heavy atom. The number of aliphatic hydroxyl groups is 1. The monoisotopic (exact) mass is 294 g/mol. The zero-order chi connectivity index (χ0) is 15.9. The number of carbonyl (C=O) groups excluding carboxylic acids is 1. The van der Waals surface area contributed by atoms with E-state index in [4.69, 9.17) is 4.74 Å². The maximum atomic E-state index is 11.7. The van der Waals surface area contributed by atoms with Gasteiger partial charge in [0.15, 0.2) is 0 Å². The zero-order valence-electron chi connectivity index (χ0n) is 13.3. The van der Waals surface area contributed by atoms with Crippen LogP contribution in [0.15, 0.2) is 24.3 Å². The molecule has 0 aliphatic rings. The van der Waals surface area contributed by atoms with E-state index in [9.17, 15) is 9.90 Å². The second kappa shape index (κ2) is 8.00. The van der Waals surface area contributed by atoms with Gasteiger partial charge in [-0.05, 0) is 45.6 Å². The molecule has 0 bridgehead atoms. The molecular weight excluding hydrogens is 268 g/mol. The van der Waals surface area contributed by atoms with Crippen LogP contribution < -0.4 is 10.1 Å². The van der Waals surface area contributed by atoms with E-state index in [0.29, 0.717) is 13.2 Å². The lowest BCUT2D eigenvalue weighted by atomic mass is 10.1. The maximum Gasteiger partial charge on any atom is 0.223 e. The number of rotatable bonds is 8. The number of likely N-dealkylation sites (N-methyl/N-ethyl adjacent to an activating group) is 1. The van der Waals surface area contributed by atoms with Gasteiger partial charge in [0.25, 0.3) is 0 Å². The van der Waals surface area contributed by atoms with Crippen molar-refractivity contribution in [2.24, 2.45) is 0 Å². The molecule has 0 aromatic heterocycles. The Bertz CT molecular complexity index is 459. The number of aryl methyl sites for hydroxylation is 1. The van der Waals surface area contributed by atoms with Crippen molar-refractivity contribution in [1.82, 2.24) is 10.2 Å². The van der Waals surface area contributed by atoms with Crippen molar-refractivity contribution in [3.05, 3.63) is 29.8 Å². The largest absolute Gasteiger partial charge is 0.493 e. The Morgan fingerprint density at radius 1 is 1.43 bits per heavy atom. The van der Waals surface area contributed by atoms with Crippen molar-refractivity contribution in [3.63, 3.8) is 0 Å². The molecule has 1 aromatic carbocycles. The average molecular weight is 294 g/mol. The highest BCUT2D eigenvalue weighted by atomic mass is 16.5. The van der Waals surface area contributed by atoms with E-state index in [0.717, 1.165) is 11.3 Å². The van der Waals surface area contributed by atoms with Gasteiger partial charge in [-0.2, -0.15) is 0 Å². The second-order valence-electron chi connectivity index (χ2n) is 5.93. The Morgan fingerprint density at radius 3 is 2.76 bits per heavy atom. The molecule has 1 aromatic rings. The van der Waals surface area contributed by atoms with Gasteiger partial charge < -0.3 is 20.1 Å². The Kier molecular flexibility index (Phi) is 6.65. The Hall–Kier alpha value is -1.59. The molecule has 1 amide bonds. The lowest BCUT2D eigenvalue weighted by Crippen LogP contribution is -2.47. The molecule has 0 heterocycles. The van der Waals surface area contributed by atoms with Gasteiger partial charge >= 0.3 is 0 Å². The number of carbonyl (C=O) groups is 1. The third-order valence-electron chi connectivity index (χ3n) is 2.91. The molecule has 2 N–H and O–H groups in total. The highest BCUT2D eigenvalue weighted by Crippen LogP contribution is 2.12. The summed E-state index contributed by atoms with van der Waals surface area (Å²) in [6, 6.07) is 7.71. The summed E-state index contributed by atoms with van der Waals surface area (Å²) in [5, 5.41) is 12.8. The van der Waals surface area contributed by atoms with Crippen LogP contribution in [0.2, 0.25) is 0 Å². The lowest BCUT2D eigenvalue weighted by Gasteiger charge is -2.27. The van der Waals surface area contributed by atoms with Gasteiger partial charge in [-0.1, -0.05) is 12.1 Å². The van der Waals surface area contributed by atoms with Crippen molar-refractivity contribution in [1.29, 1.82) is 0 Å². The van der Waals surface area contributed by atoms with E-state index in [1.807, 2.05) is 50.2 Å². The first-order valence-electron chi connectivity index (χ1n) is 7.12. The third kappa shape index (κ3) is 7.68. The van der Waals surface area contributed by atoms with E-state index < -0.39 is 5.60 Å². The lowest BCUT2D eigenvalue weighted by molar-refractivity contribution is -0.122. The molecule has 1 unspecified atom stereocenters. The summed E-state index contributed by atoms with van der Waals surface area (Å²) in [6.45, 7) is 4.75. The molecule has 1 atom stereocenters. The summed E-state index contributed by atoms with van der Waals surface area (Å²) >= 11 is 0. The molecule has 0 aliphatic carbocycles. The summed E-state index contributed by atoms with van der Waals surface area (Å²) in [4.78, 5) is 13.6. The van der Waals surface area contributed by atoms with Gasteiger partial charge in [0.05, 0.1) is 18.6 Å². The van der Waals surface area contributed by atoms with Crippen LogP contribution in [0.25, 0.3) is 0 Å². The minimum absolute atomic E-state index is 0.123. The first kappa shape index (κ1) is 17.5. The zero-order valence-corrected chi connectivity index (χ0v) is 13.3. The predicted molar refractivity (Wildman–Crippen MR) is 83.5 cm³/mol. The standard InChI is InChI=1S/C16H26N2O3/c1-13-6-5-7-14(10-13)21-9-8-15(19)17-11-16(2,20)12-18(3)4/h5-7,10,20H,8-9,11-12H2,1-4H3,(H,17,19). The van der Waals surface area contributed by atoms with Crippen LogP contribution in [0.1, 0.15) is 18.9 Å². The summed E-state index contributed by atoms with van der Waals surface area (Å²) in [7, 11) is 3.76. The summed E-state index contributed by atoms with van der Waals surface area (Å²) < 4.78 is 5.52. The fraction of sp³-hybridized carbons (Fsp3) is 0.562. The molecule has 5 heteroatoms. The van der Waals surface area contributed by atoms with Crippen LogP contribution in [0.5, 0.6) is 5.75 Å². The first-order valence-corrected chi connectivity index (χ1v) is 7.12. The van der Waals surface area contributed by atoms with Crippen molar-refractivity contribution < 1.29 is 14.6 Å². The Balaban J connectivity index is 2.25. The highest BCUT2D eigenvalue weighted by Gasteiger charge is 2.21. The van der Waals surface area contributed by atoms with Gasteiger partial charge in [-0.3, -0.25) is 4.79 Å². The van der Waals surface area contributed by atoms with Gasteiger partial charge in [0, 0.05) is 13.1 Å². The van der Waals surface area contributed by atoms with Crippen LogP contribution in [0.3, 0.4) is 0 Å². The average Bonchev–Trinajstić information content (AvgIpc) is 2.35. The minimum Gasteiger partial charge on any atom is -0.493 e. The number of hydrogen-bond acceptors (Lipinski definition) is 4. The summed E-state index contributed by atoms with van der Waals surface area (Å²) in [6.07, 6.45) is 0.270. The van der Waals surface area contributed by atoms with Gasteiger partial charge in [0.1, 0.15) is 5.75 Å². The smallest absolute Gasteiger partial charge is 0.223 e. The molecule has 0 saturated carbocycles. The fourth-order valence-electron chi connectivity index (χ4n) is 2.08. The summed E-state index contributed by atoms with van der Waals surface area (Å²) in [5.74, 6) is 0.643. The molecule has 0 aliphatic heterocycles. The molecule has 1 rings (SSSR count). The minimum atomic E-state index is -0.934. The van der Waals surface area contributed by atoms with Crippen LogP contribution in [0.4, 0.5) is 0 Å². The number of benzene rings is 1. The van der Waals surface area contributed by atoms with Gasteiger partial charge in [-0.25, -0.2) is 0 Å². The van der Waals surface area contributed by atoms with E-state index in [-0.39, 0.29) is 18.9 Å². The van der Waals surface area contributed by atoms with Gasteiger partial charge in [0.2, 0.25) is 5.91 Å². The Labute approximate surface area is 126 Å². The number of nitrogens with zero attached hydrogens (tertiary/aromatic N) is 1. The molecule has 0 saturated heterocycles. The molecule has 118 valence electrons. The van der Waals surface area contributed by atoms with E-state index in [2.05, 4.69) is 5.32 Å². The molecular formula is C16H26N2O3. The van der Waals surface area contributed by atoms with Gasteiger partial charge in [-0.15, -0.1) is 0 Å². The molecule has 0 fully saturated rings. The van der Waals surface area contributed by atoms with Crippen molar-refractivity contribution in [3.8, 4) is 5.75 Å². The molecule has 21 heavy (non-hydrogen) atoms. The number of ether oxygens (including phenoxy) is 1. The fourth-order valence-corrected chi connectivity index (χ4v) is 2.08. The number of amides is 1. The van der Waals surface area contributed by atoms with Crippen molar-refractivity contribution in [2.75, 3.05) is 33.8 Å². The third-order valence-corrected chi connectivity index (χ3v) is 2.91. The normalized spacial score (nSPS) is 13.8. The van der Waals surface area contributed by atoms with Crippen molar-refractivity contribution in [2.45, 2.75) is 25.9 Å². The van der Waals surface area contributed by atoms with E-state index >= 15 is 0 Å². The number of hydrogen-bond donors (Lipinski definition) is 2. The topological polar surface area (TPSA) is 61.8 Å². The predicted octanol–water partition coefficient (Wildman–Crippen LogP) is 1.19. The highest BCUT2D eigenvalue weighted by molar-refractivity contribution is 5.76. The molecule has 5 nitrogen and oxygen atoms in total. The molecule has 0 radical (unpaired) electrons. The van der Waals surface area contributed by atoms with Crippen LogP contribution in [0, 0.1) is 6.92 Å². The number of nitrogens with one attached hydrogen (secondary N) is 1. The second-order valence-corrected chi connectivity index (χ2v) is 5.93. The SMILES string of the molecule is Cc1cccc(OCCC(=O)NCC(C)(O)CN(C)C)c1. The van der Waals surface area contributed by atoms with Crippen LogP contribution in [-0.4, -0.2) is 55.3 Å². The quantitative estimate of drug-likeness (QED) is 0.756. The van der Waals surface area contributed by atoms with Crippen LogP contribution in [-0.2, 0) is 4.79 Å². The summed E-state index contributed by atoms with van der Waals surface area (Å²) in [5.41, 5.74) is 0.188.